The molecule has 1 aromatic heterocycles. The second-order valence-corrected chi connectivity index (χ2v) is 8.14. The van der Waals surface area contributed by atoms with E-state index in [0.717, 1.165) is 18.4 Å². The summed E-state index contributed by atoms with van der Waals surface area (Å²) in [6.07, 6.45) is 6.85. The number of carbonyl (C=O) groups is 3. The lowest BCUT2D eigenvalue weighted by Crippen LogP contribution is -2.44. The van der Waals surface area contributed by atoms with Gasteiger partial charge in [0, 0.05) is 31.2 Å². The number of urea groups is 2. The molecule has 10 nitrogen and oxygen atoms in total. The van der Waals surface area contributed by atoms with Gasteiger partial charge in [0.2, 0.25) is 0 Å². The Balaban J connectivity index is 1.23. The van der Waals surface area contributed by atoms with Crippen LogP contribution in [0.25, 0.3) is 0 Å². The zero-order valence-corrected chi connectivity index (χ0v) is 17.7. The highest BCUT2D eigenvalue weighted by Gasteiger charge is 2.51. The molecule has 1 aromatic carbocycles. The molecule has 3 N–H and O–H groups in total. The van der Waals surface area contributed by atoms with E-state index in [4.69, 9.17) is 0 Å². The van der Waals surface area contributed by atoms with Crippen molar-refractivity contribution in [3.8, 4) is 0 Å². The first-order valence-electron chi connectivity index (χ1n) is 10.8. The van der Waals surface area contributed by atoms with E-state index in [1.807, 2.05) is 6.07 Å². The molecule has 2 aromatic rings. The molecule has 5 amide bonds. The summed E-state index contributed by atoms with van der Waals surface area (Å²) in [4.78, 5) is 53.7. The smallest absolute Gasteiger partial charge is 0.338 e. The summed E-state index contributed by atoms with van der Waals surface area (Å²) in [6, 6.07) is 8.15. The minimum Gasteiger partial charge on any atom is -0.338 e. The predicted octanol–water partition coefficient (Wildman–Crippen LogP) is 1.67. The minimum absolute atomic E-state index is 0.144. The van der Waals surface area contributed by atoms with Gasteiger partial charge in [0.05, 0.1) is 6.54 Å². The van der Waals surface area contributed by atoms with Gasteiger partial charge < -0.3 is 16.0 Å². The van der Waals surface area contributed by atoms with Crippen LogP contribution in [0.5, 0.6) is 0 Å². The summed E-state index contributed by atoms with van der Waals surface area (Å²) in [5.41, 5.74) is 0.396. The van der Waals surface area contributed by atoms with Crippen LogP contribution in [0.4, 0.5) is 15.3 Å². The molecule has 1 spiro atoms. The Bertz CT molecular complexity index is 1080. The largest absolute Gasteiger partial charge is 0.347 e. The lowest BCUT2D eigenvalue weighted by Gasteiger charge is -2.20. The standard InChI is InChI=1S/C22H26N6O4/c29-18-22(8-1-2-9-22)26-21(32)28(18)13-5-10-23-19(30)25-17-7-3-6-16(14-17)15-27-12-4-11-24-20(27)31/h3-4,6-7,11-12,14H,1-2,5,8-10,13,15H2,(H,26,32)(H2,23,25,30). The molecule has 0 unspecified atom stereocenters. The number of carbonyl (C=O) groups excluding carboxylic acids is 3. The zero-order valence-electron chi connectivity index (χ0n) is 17.7. The molecular weight excluding hydrogens is 412 g/mol. The third kappa shape index (κ3) is 4.63. The molecule has 1 aliphatic heterocycles. The second-order valence-electron chi connectivity index (χ2n) is 8.14. The van der Waals surface area contributed by atoms with Crippen molar-refractivity contribution in [1.29, 1.82) is 0 Å². The fourth-order valence-electron chi connectivity index (χ4n) is 4.26. The molecule has 1 saturated carbocycles. The fraction of sp³-hybridized carbons (Fsp3) is 0.409. The third-order valence-electron chi connectivity index (χ3n) is 5.87. The number of nitrogens with zero attached hydrogens (tertiary/aromatic N) is 3. The van der Waals surface area contributed by atoms with Gasteiger partial charge in [0.25, 0.3) is 5.91 Å². The second kappa shape index (κ2) is 9.21. The molecule has 2 aliphatic rings. The molecule has 0 atom stereocenters. The Morgan fingerprint density at radius 1 is 1.16 bits per heavy atom. The van der Waals surface area contributed by atoms with E-state index < -0.39 is 5.54 Å². The van der Waals surface area contributed by atoms with Crippen LogP contribution in [0.1, 0.15) is 37.7 Å². The maximum Gasteiger partial charge on any atom is 0.347 e. The van der Waals surface area contributed by atoms with Crippen LogP contribution in [0.15, 0.2) is 47.5 Å². The van der Waals surface area contributed by atoms with E-state index in [0.29, 0.717) is 38.0 Å². The normalized spacial score (nSPS) is 16.9. The topological polar surface area (TPSA) is 125 Å². The van der Waals surface area contributed by atoms with Crippen molar-refractivity contribution in [2.24, 2.45) is 0 Å². The van der Waals surface area contributed by atoms with Crippen LogP contribution in [0.3, 0.4) is 0 Å². The monoisotopic (exact) mass is 438 g/mol. The van der Waals surface area contributed by atoms with Crippen molar-refractivity contribution in [1.82, 2.24) is 25.1 Å². The van der Waals surface area contributed by atoms with Crippen molar-refractivity contribution >= 4 is 23.7 Å². The lowest BCUT2D eigenvalue weighted by molar-refractivity contribution is -0.131. The minimum atomic E-state index is -0.701. The van der Waals surface area contributed by atoms with Crippen molar-refractivity contribution < 1.29 is 14.4 Å². The van der Waals surface area contributed by atoms with E-state index in [-0.39, 0.29) is 30.2 Å². The molecule has 2 fully saturated rings. The Labute approximate surface area is 185 Å². The highest BCUT2D eigenvalue weighted by atomic mass is 16.2. The van der Waals surface area contributed by atoms with Crippen LogP contribution in [0.2, 0.25) is 0 Å². The summed E-state index contributed by atoms with van der Waals surface area (Å²) in [6.45, 7) is 0.930. The van der Waals surface area contributed by atoms with Crippen LogP contribution in [-0.4, -0.2) is 51.0 Å². The SMILES string of the molecule is O=C(NCCCN1C(=O)NC2(CCCC2)C1=O)Nc1cccc(Cn2cccnc2=O)c1. The zero-order chi connectivity index (χ0) is 22.6. The van der Waals surface area contributed by atoms with Crippen LogP contribution in [0, 0.1) is 0 Å². The molecule has 32 heavy (non-hydrogen) atoms. The number of benzene rings is 1. The summed E-state index contributed by atoms with van der Waals surface area (Å²) in [7, 11) is 0. The molecule has 10 heteroatoms. The average Bonchev–Trinajstić information content (AvgIpc) is 3.33. The van der Waals surface area contributed by atoms with Crippen LogP contribution < -0.4 is 21.6 Å². The van der Waals surface area contributed by atoms with Gasteiger partial charge in [-0.1, -0.05) is 25.0 Å². The van der Waals surface area contributed by atoms with Gasteiger partial charge in [0.15, 0.2) is 0 Å². The number of hydrogen-bond acceptors (Lipinski definition) is 5. The van der Waals surface area contributed by atoms with E-state index in [2.05, 4.69) is 20.9 Å². The third-order valence-corrected chi connectivity index (χ3v) is 5.87. The quantitative estimate of drug-likeness (QED) is 0.448. The van der Waals surface area contributed by atoms with Gasteiger partial charge in [-0.2, -0.15) is 0 Å². The average molecular weight is 438 g/mol. The van der Waals surface area contributed by atoms with Crippen LogP contribution in [-0.2, 0) is 11.3 Å². The van der Waals surface area contributed by atoms with Crippen LogP contribution >= 0.6 is 0 Å². The highest BCUT2D eigenvalue weighted by molar-refractivity contribution is 6.07. The molecule has 0 radical (unpaired) electrons. The van der Waals surface area contributed by atoms with Gasteiger partial charge >= 0.3 is 17.8 Å². The first-order valence-corrected chi connectivity index (χ1v) is 10.8. The Morgan fingerprint density at radius 3 is 2.75 bits per heavy atom. The van der Waals surface area contributed by atoms with E-state index >= 15 is 0 Å². The maximum absolute atomic E-state index is 12.6. The first-order chi connectivity index (χ1) is 15.5. The number of anilines is 1. The summed E-state index contributed by atoms with van der Waals surface area (Å²) >= 11 is 0. The van der Waals surface area contributed by atoms with Gasteiger partial charge in [-0.15, -0.1) is 0 Å². The molecule has 2 heterocycles. The Kier molecular flexibility index (Phi) is 6.20. The molecule has 4 rings (SSSR count). The van der Waals surface area contributed by atoms with Crippen molar-refractivity contribution in [2.75, 3.05) is 18.4 Å². The molecule has 0 bridgehead atoms. The summed E-state index contributed by atoms with van der Waals surface area (Å²) in [5, 5.41) is 8.34. The number of rotatable bonds is 7. The lowest BCUT2D eigenvalue weighted by atomic mass is 9.98. The Morgan fingerprint density at radius 2 is 1.97 bits per heavy atom. The fourth-order valence-corrected chi connectivity index (χ4v) is 4.26. The number of amides is 5. The Hall–Kier alpha value is -3.69. The molecule has 168 valence electrons. The number of imide groups is 1. The van der Waals surface area contributed by atoms with E-state index in [1.54, 1.807) is 30.5 Å². The van der Waals surface area contributed by atoms with E-state index in [9.17, 15) is 19.2 Å². The highest BCUT2D eigenvalue weighted by Crippen LogP contribution is 2.34. The van der Waals surface area contributed by atoms with Gasteiger partial charge in [-0.05, 0) is 43.0 Å². The summed E-state index contributed by atoms with van der Waals surface area (Å²) < 4.78 is 1.48. The number of hydrogen-bond donors (Lipinski definition) is 3. The predicted molar refractivity (Wildman–Crippen MR) is 117 cm³/mol. The van der Waals surface area contributed by atoms with Crippen molar-refractivity contribution in [3.63, 3.8) is 0 Å². The first kappa shape index (κ1) is 21.5. The number of aromatic nitrogens is 2. The molecular formula is C22H26N6O4. The van der Waals surface area contributed by atoms with Crippen molar-refractivity contribution in [3.05, 3.63) is 58.8 Å². The van der Waals surface area contributed by atoms with Gasteiger partial charge in [-0.3, -0.25) is 14.3 Å². The molecule has 1 saturated heterocycles. The van der Waals surface area contributed by atoms with E-state index in [1.165, 1.54) is 15.7 Å². The maximum atomic E-state index is 12.6. The summed E-state index contributed by atoms with van der Waals surface area (Å²) in [5.74, 6) is -0.144. The number of nitrogens with one attached hydrogen (secondary N) is 3. The van der Waals surface area contributed by atoms with Gasteiger partial charge in [0.1, 0.15) is 5.54 Å². The van der Waals surface area contributed by atoms with Gasteiger partial charge in [-0.25, -0.2) is 19.4 Å². The van der Waals surface area contributed by atoms with Crippen molar-refractivity contribution in [2.45, 2.75) is 44.2 Å². The molecule has 1 aliphatic carbocycles.